The van der Waals surface area contributed by atoms with Crippen molar-refractivity contribution in [1.29, 1.82) is 0 Å². The fraction of sp³-hybridized carbons (Fsp3) is 0.429. The second-order valence-corrected chi connectivity index (χ2v) is 7.57. The van der Waals surface area contributed by atoms with Gasteiger partial charge in [-0.2, -0.15) is 0 Å². The van der Waals surface area contributed by atoms with Gasteiger partial charge in [0, 0.05) is 6.04 Å². The minimum atomic E-state index is -0.335. The molecule has 0 aliphatic carbocycles. The maximum Gasteiger partial charge on any atom is 0.383 e. The van der Waals surface area contributed by atoms with Gasteiger partial charge < -0.3 is 9.47 Å². The van der Waals surface area contributed by atoms with Crippen LogP contribution < -0.4 is 0 Å². The molecule has 1 atom stereocenters. The highest BCUT2D eigenvalue weighted by Gasteiger charge is 2.58. The molecule has 124 valence electrons. The molecule has 4 rings (SSSR count). The monoisotopic (exact) mass is 319 g/mol. The molecule has 24 heavy (non-hydrogen) atoms. The van der Waals surface area contributed by atoms with Crippen LogP contribution in [-0.2, 0) is 10.3 Å². The van der Waals surface area contributed by atoms with Gasteiger partial charge in [0.1, 0.15) is 5.60 Å². The standard InChI is InChI=1S/C21H26BNO/c1-17(2)16-22-23-15-9-14-20(23)21(24-22,18-10-5-3-6-11-18)19-12-7-4-8-13-19/h3-8,10-13,17,20H,9,14-16H2,1-2H3/t20-/m1/s1. The minimum Gasteiger partial charge on any atom is -0.406 e. The molecule has 3 heteroatoms. The molecule has 0 aromatic heterocycles. The third-order valence-corrected chi connectivity index (χ3v) is 5.53. The van der Waals surface area contributed by atoms with E-state index in [1.165, 1.54) is 24.0 Å². The van der Waals surface area contributed by atoms with Crippen molar-refractivity contribution in [3.8, 4) is 0 Å². The van der Waals surface area contributed by atoms with Crippen LogP contribution in [0, 0.1) is 5.92 Å². The number of fused-ring (bicyclic) bond motifs is 1. The lowest BCUT2D eigenvalue weighted by molar-refractivity contribution is 0.104. The molecule has 0 unspecified atom stereocenters. The van der Waals surface area contributed by atoms with Crippen LogP contribution in [0.4, 0.5) is 0 Å². The van der Waals surface area contributed by atoms with E-state index >= 15 is 0 Å². The predicted molar refractivity (Wildman–Crippen MR) is 99.9 cm³/mol. The van der Waals surface area contributed by atoms with Crippen LogP contribution in [0.25, 0.3) is 0 Å². The summed E-state index contributed by atoms with van der Waals surface area (Å²) in [5.74, 6) is 0.638. The zero-order valence-electron chi connectivity index (χ0n) is 14.7. The Morgan fingerprint density at radius 3 is 2.17 bits per heavy atom. The van der Waals surface area contributed by atoms with Gasteiger partial charge in [0.2, 0.25) is 0 Å². The van der Waals surface area contributed by atoms with Crippen LogP contribution in [0.3, 0.4) is 0 Å². The maximum atomic E-state index is 6.92. The van der Waals surface area contributed by atoms with Gasteiger partial charge in [-0.25, -0.2) is 0 Å². The number of rotatable bonds is 4. The van der Waals surface area contributed by atoms with Crippen molar-refractivity contribution >= 4 is 7.05 Å². The van der Waals surface area contributed by atoms with Crippen molar-refractivity contribution in [2.24, 2.45) is 5.92 Å². The average molecular weight is 319 g/mol. The van der Waals surface area contributed by atoms with E-state index in [1.807, 2.05) is 0 Å². The first-order valence-electron chi connectivity index (χ1n) is 9.26. The lowest BCUT2D eigenvalue weighted by atomic mass is 9.72. The van der Waals surface area contributed by atoms with Gasteiger partial charge in [-0.3, -0.25) is 0 Å². The van der Waals surface area contributed by atoms with Crippen LogP contribution >= 0.6 is 0 Å². The van der Waals surface area contributed by atoms with E-state index in [9.17, 15) is 0 Å². The average Bonchev–Trinajstić information content (AvgIpc) is 3.19. The lowest BCUT2D eigenvalue weighted by Crippen LogP contribution is -2.41. The molecule has 0 bridgehead atoms. The van der Waals surface area contributed by atoms with Gasteiger partial charge in [-0.05, 0) is 42.8 Å². The van der Waals surface area contributed by atoms with Crippen molar-refractivity contribution in [2.75, 3.05) is 6.54 Å². The minimum absolute atomic E-state index is 0.220. The smallest absolute Gasteiger partial charge is 0.383 e. The first-order valence-corrected chi connectivity index (χ1v) is 9.26. The van der Waals surface area contributed by atoms with Crippen molar-refractivity contribution in [3.63, 3.8) is 0 Å². The molecule has 0 radical (unpaired) electrons. The van der Waals surface area contributed by atoms with Crippen LogP contribution in [0.1, 0.15) is 37.8 Å². The van der Waals surface area contributed by atoms with Gasteiger partial charge in [0.25, 0.3) is 0 Å². The Morgan fingerprint density at radius 2 is 1.62 bits per heavy atom. The van der Waals surface area contributed by atoms with Crippen molar-refractivity contribution in [2.45, 2.75) is 44.7 Å². The fourth-order valence-corrected chi connectivity index (χ4v) is 4.58. The molecular weight excluding hydrogens is 293 g/mol. The van der Waals surface area contributed by atoms with Gasteiger partial charge in [0.15, 0.2) is 0 Å². The molecule has 0 amide bonds. The summed E-state index contributed by atoms with van der Waals surface area (Å²) in [5, 5.41) is 0. The van der Waals surface area contributed by atoms with Gasteiger partial charge in [0.05, 0.1) is 0 Å². The maximum absolute atomic E-state index is 6.92. The van der Waals surface area contributed by atoms with Crippen molar-refractivity contribution < 1.29 is 4.65 Å². The molecule has 2 aliphatic heterocycles. The molecule has 2 heterocycles. The first-order chi connectivity index (χ1) is 11.7. The summed E-state index contributed by atoms with van der Waals surface area (Å²) in [4.78, 5) is 2.62. The SMILES string of the molecule is CC(C)CB1OC(c2ccccc2)(c2ccccc2)[C@H]2CCCN12. The topological polar surface area (TPSA) is 12.5 Å². The second kappa shape index (κ2) is 6.38. The molecule has 0 N–H and O–H groups in total. The summed E-state index contributed by atoms with van der Waals surface area (Å²) in [5.41, 5.74) is 2.25. The van der Waals surface area contributed by atoms with E-state index in [2.05, 4.69) is 79.3 Å². The Kier molecular flexibility index (Phi) is 4.23. The van der Waals surface area contributed by atoms with E-state index in [4.69, 9.17) is 4.65 Å². The Labute approximate surface area is 146 Å². The van der Waals surface area contributed by atoms with Gasteiger partial charge >= 0.3 is 7.05 Å². The van der Waals surface area contributed by atoms with E-state index in [0.29, 0.717) is 12.0 Å². The molecule has 0 saturated carbocycles. The summed E-state index contributed by atoms with van der Waals surface area (Å²) >= 11 is 0. The molecule has 2 aromatic carbocycles. The Hall–Kier alpha value is -1.58. The largest absolute Gasteiger partial charge is 0.406 e. The Morgan fingerprint density at radius 1 is 1.04 bits per heavy atom. The molecule has 2 nitrogen and oxygen atoms in total. The predicted octanol–water partition coefficient (Wildman–Crippen LogP) is 4.57. The molecular formula is C21H26BNO. The van der Waals surface area contributed by atoms with E-state index in [-0.39, 0.29) is 12.7 Å². The summed E-state index contributed by atoms with van der Waals surface area (Å²) in [6, 6.07) is 22.1. The number of hydrogen-bond acceptors (Lipinski definition) is 2. The summed E-state index contributed by atoms with van der Waals surface area (Å²) in [6.45, 7) is 5.74. The zero-order chi connectivity index (χ0) is 16.6. The quantitative estimate of drug-likeness (QED) is 0.766. The van der Waals surface area contributed by atoms with Crippen LogP contribution in [-0.4, -0.2) is 24.4 Å². The highest BCUT2D eigenvalue weighted by atomic mass is 16.5. The summed E-state index contributed by atoms with van der Waals surface area (Å²) < 4.78 is 6.92. The van der Waals surface area contributed by atoms with E-state index in [0.717, 1.165) is 12.9 Å². The van der Waals surface area contributed by atoms with E-state index in [1.54, 1.807) is 0 Å². The van der Waals surface area contributed by atoms with Crippen molar-refractivity contribution in [1.82, 2.24) is 4.81 Å². The Bertz CT molecular complexity index is 633. The fourth-order valence-electron chi connectivity index (χ4n) is 4.58. The Balaban J connectivity index is 1.85. The molecule has 2 aromatic rings. The van der Waals surface area contributed by atoms with Gasteiger partial charge in [-0.1, -0.05) is 74.5 Å². The highest BCUT2D eigenvalue weighted by molar-refractivity contribution is 6.50. The molecule has 2 aliphatic rings. The van der Waals surface area contributed by atoms with Crippen LogP contribution in [0.15, 0.2) is 60.7 Å². The summed E-state index contributed by atoms with van der Waals surface area (Å²) in [6.07, 6.45) is 3.57. The third kappa shape index (κ3) is 2.51. The van der Waals surface area contributed by atoms with Gasteiger partial charge in [-0.15, -0.1) is 0 Å². The van der Waals surface area contributed by atoms with E-state index < -0.39 is 0 Å². The number of hydrogen-bond donors (Lipinski definition) is 0. The van der Waals surface area contributed by atoms with Crippen molar-refractivity contribution in [3.05, 3.63) is 71.8 Å². The highest BCUT2D eigenvalue weighted by Crippen LogP contribution is 2.49. The first kappa shape index (κ1) is 15.9. The third-order valence-electron chi connectivity index (χ3n) is 5.53. The second-order valence-electron chi connectivity index (χ2n) is 7.57. The van der Waals surface area contributed by atoms with Crippen LogP contribution in [0.5, 0.6) is 0 Å². The molecule has 2 saturated heterocycles. The normalized spacial score (nSPS) is 23.0. The van der Waals surface area contributed by atoms with Crippen LogP contribution in [0.2, 0.25) is 6.32 Å². The molecule has 0 spiro atoms. The zero-order valence-corrected chi connectivity index (χ0v) is 14.7. The lowest BCUT2D eigenvalue weighted by Gasteiger charge is -2.36. The molecule has 2 fully saturated rings. The summed E-state index contributed by atoms with van der Waals surface area (Å²) in [7, 11) is 0.220. The number of nitrogens with zero attached hydrogens (tertiary/aromatic N) is 1. The number of benzene rings is 2.